The van der Waals surface area contributed by atoms with Crippen molar-refractivity contribution in [1.82, 2.24) is 25.9 Å². The fraction of sp³-hybridized carbons (Fsp3) is 0.632. The normalized spacial score (nSPS) is 14.9. The van der Waals surface area contributed by atoms with Crippen molar-refractivity contribution in [3.8, 4) is 0 Å². The van der Waals surface area contributed by atoms with Gasteiger partial charge in [-0.1, -0.05) is 13.8 Å². The van der Waals surface area contributed by atoms with Crippen LogP contribution in [0.25, 0.3) is 0 Å². The fourth-order valence-corrected chi connectivity index (χ4v) is 3.15. The summed E-state index contributed by atoms with van der Waals surface area (Å²) in [7, 11) is 0. The topological polar surface area (TPSA) is 179 Å². The smallest absolute Gasteiger partial charge is 0.326 e. The molecule has 0 aliphatic carbocycles. The van der Waals surface area contributed by atoms with E-state index >= 15 is 0 Å². The van der Waals surface area contributed by atoms with Gasteiger partial charge in [0.1, 0.15) is 18.1 Å². The van der Waals surface area contributed by atoms with Gasteiger partial charge in [-0.15, -0.1) is 0 Å². The monoisotopic (exact) mass is 456 g/mol. The predicted octanol–water partition coefficient (Wildman–Crippen LogP) is -0.752. The minimum atomic E-state index is -1.15. The molecule has 11 nitrogen and oxygen atoms in total. The Bertz CT molecular complexity index is 742. The molecule has 3 amide bonds. The van der Waals surface area contributed by atoms with Crippen molar-refractivity contribution in [2.45, 2.75) is 57.8 Å². The molecule has 0 aliphatic heterocycles. The average molecular weight is 457 g/mol. The van der Waals surface area contributed by atoms with E-state index in [0.29, 0.717) is 17.9 Å². The molecule has 0 saturated carbocycles. The second kappa shape index (κ2) is 13.0. The molecule has 1 heterocycles. The molecular formula is C19H32N6O5S. The van der Waals surface area contributed by atoms with Gasteiger partial charge in [-0.05, 0) is 31.3 Å². The third-order valence-electron chi connectivity index (χ3n) is 4.56. The zero-order valence-corrected chi connectivity index (χ0v) is 19.0. The van der Waals surface area contributed by atoms with Crippen molar-refractivity contribution in [2.24, 2.45) is 11.7 Å². The number of aromatic amines is 1. The number of nitrogens with zero attached hydrogens (tertiary/aromatic N) is 1. The van der Waals surface area contributed by atoms with Gasteiger partial charge in [0.2, 0.25) is 17.7 Å². The first kappa shape index (κ1) is 26.4. The summed E-state index contributed by atoms with van der Waals surface area (Å²) in [5.41, 5.74) is 6.62. The lowest BCUT2D eigenvalue weighted by atomic mass is 10.0. The minimum absolute atomic E-state index is 0.229. The number of nitrogens with two attached hydrogens (primary N) is 1. The van der Waals surface area contributed by atoms with E-state index < -0.39 is 47.9 Å². The maximum atomic E-state index is 12.7. The van der Waals surface area contributed by atoms with Crippen LogP contribution in [0.4, 0.5) is 0 Å². The van der Waals surface area contributed by atoms with Crippen LogP contribution in [0.2, 0.25) is 0 Å². The Balaban J connectivity index is 2.72. The highest BCUT2D eigenvalue weighted by atomic mass is 32.2. The molecule has 1 aromatic rings. The largest absolute Gasteiger partial charge is 0.480 e. The van der Waals surface area contributed by atoms with E-state index in [0.717, 1.165) is 0 Å². The summed E-state index contributed by atoms with van der Waals surface area (Å²) in [4.78, 5) is 55.5. The van der Waals surface area contributed by atoms with Crippen LogP contribution in [0, 0.1) is 5.92 Å². The van der Waals surface area contributed by atoms with E-state index in [1.165, 1.54) is 25.0 Å². The van der Waals surface area contributed by atoms with Crippen LogP contribution in [0.1, 0.15) is 32.9 Å². The van der Waals surface area contributed by atoms with Crippen LogP contribution in [0.3, 0.4) is 0 Å². The molecule has 0 fully saturated rings. The number of H-pyrrole nitrogens is 1. The Hall–Kier alpha value is -2.60. The van der Waals surface area contributed by atoms with E-state index in [9.17, 15) is 24.3 Å². The highest BCUT2D eigenvalue weighted by Crippen LogP contribution is 2.05. The molecule has 31 heavy (non-hydrogen) atoms. The molecule has 0 radical (unpaired) electrons. The molecule has 174 valence electrons. The van der Waals surface area contributed by atoms with Gasteiger partial charge in [-0.25, -0.2) is 9.78 Å². The lowest BCUT2D eigenvalue weighted by Crippen LogP contribution is -2.57. The number of thioether (sulfide) groups is 1. The average Bonchev–Trinajstić information content (AvgIpc) is 3.20. The van der Waals surface area contributed by atoms with Gasteiger partial charge < -0.3 is 31.8 Å². The summed E-state index contributed by atoms with van der Waals surface area (Å²) in [5.74, 6) is -2.55. The van der Waals surface area contributed by atoms with E-state index in [1.807, 2.05) is 6.26 Å². The van der Waals surface area contributed by atoms with Crippen molar-refractivity contribution < 1.29 is 24.3 Å². The molecule has 0 aromatic carbocycles. The molecule has 0 saturated heterocycles. The van der Waals surface area contributed by atoms with Crippen molar-refractivity contribution in [1.29, 1.82) is 0 Å². The lowest BCUT2D eigenvalue weighted by Gasteiger charge is -2.24. The number of imidazole rings is 1. The van der Waals surface area contributed by atoms with Crippen molar-refractivity contribution in [2.75, 3.05) is 12.0 Å². The number of nitrogens with one attached hydrogen (secondary N) is 4. The van der Waals surface area contributed by atoms with Gasteiger partial charge in [0.05, 0.1) is 12.4 Å². The first-order valence-electron chi connectivity index (χ1n) is 9.92. The summed E-state index contributed by atoms with van der Waals surface area (Å²) in [6, 6.07) is -3.82. The van der Waals surface area contributed by atoms with Crippen LogP contribution >= 0.6 is 11.8 Å². The van der Waals surface area contributed by atoms with E-state index in [1.54, 1.807) is 20.0 Å². The summed E-state index contributed by atoms with van der Waals surface area (Å²) in [6.07, 6.45) is 5.48. The summed E-state index contributed by atoms with van der Waals surface area (Å²) in [5, 5.41) is 16.8. The molecule has 0 aliphatic rings. The Morgan fingerprint density at radius 2 is 1.81 bits per heavy atom. The number of amides is 3. The summed E-state index contributed by atoms with van der Waals surface area (Å²) < 4.78 is 0. The van der Waals surface area contributed by atoms with Gasteiger partial charge >= 0.3 is 5.97 Å². The van der Waals surface area contributed by atoms with Gasteiger partial charge in [-0.2, -0.15) is 11.8 Å². The minimum Gasteiger partial charge on any atom is -0.480 e. The number of hydrogen-bond acceptors (Lipinski definition) is 7. The first-order chi connectivity index (χ1) is 14.6. The highest BCUT2D eigenvalue weighted by molar-refractivity contribution is 7.98. The van der Waals surface area contributed by atoms with Gasteiger partial charge in [0.25, 0.3) is 0 Å². The fourth-order valence-electron chi connectivity index (χ4n) is 2.68. The second-order valence-electron chi connectivity index (χ2n) is 7.53. The van der Waals surface area contributed by atoms with E-state index in [2.05, 4.69) is 25.9 Å². The summed E-state index contributed by atoms with van der Waals surface area (Å²) in [6.45, 7) is 4.79. The number of carbonyl (C=O) groups is 4. The second-order valence-corrected chi connectivity index (χ2v) is 8.51. The van der Waals surface area contributed by atoms with Crippen molar-refractivity contribution in [3.63, 3.8) is 0 Å². The first-order valence-corrected chi connectivity index (χ1v) is 11.3. The molecule has 4 unspecified atom stereocenters. The van der Waals surface area contributed by atoms with E-state index in [4.69, 9.17) is 5.73 Å². The number of carboxylic acids is 1. The van der Waals surface area contributed by atoms with Gasteiger partial charge in [0.15, 0.2) is 0 Å². The number of hydrogen-bond donors (Lipinski definition) is 6. The standard InChI is InChI=1S/C19H32N6O5S/c1-10(2)15(19(29)30)25-16(26)11(3)23-18(28)14(5-6-31-4)24-17(27)13(20)7-12-8-21-9-22-12/h8-11,13-15H,5-7,20H2,1-4H3,(H,21,22)(H,23,28)(H,24,27)(H,25,26)(H,29,30). The lowest BCUT2D eigenvalue weighted by molar-refractivity contribution is -0.143. The molecule has 0 bridgehead atoms. The zero-order valence-electron chi connectivity index (χ0n) is 18.2. The summed E-state index contributed by atoms with van der Waals surface area (Å²) >= 11 is 1.51. The molecule has 12 heteroatoms. The number of aliphatic carboxylic acids is 1. The van der Waals surface area contributed by atoms with Gasteiger partial charge in [0, 0.05) is 18.3 Å². The molecule has 1 aromatic heterocycles. The number of carboxylic acid groups (broad SMARTS) is 1. The maximum absolute atomic E-state index is 12.7. The Labute approximate surface area is 185 Å². The van der Waals surface area contributed by atoms with Crippen LogP contribution in [-0.4, -0.2) is 74.9 Å². The quantitative estimate of drug-likeness (QED) is 0.224. The van der Waals surface area contributed by atoms with Crippen LogP contribution in [0.5, 0.6) is 0 Å². The molecule has 0 spiro atoms. The third-order valence-corrected chi connectivity index (χ3v) is 5.20. The van der Waals surface area contributed by atoms with Crippen LogP contribution in [0.15, 0.2) is 12.5 Å². The molecule has 4 atom stereocenters. The number of rotatable bonds is 13. The molecular weight excluding hydrogens is 424 g/mol. The third kappa shape index (κ3) is 8.97. The number of aromatic nitrogens is 2. The Morgan fingerprint density at radius 1 is 1.13 bits per heavy atom. The Morgan fingerprint density at radius 3 is 2.32 bits per heavy atom. The SMILES string of the molecule is CSCCC(NC(=O)C(N)Cc1cnc[nH]1)C(=O)NC(C)C(=O)NC(C(=O)O)C(C)C. The molecule has 7 N–H and O–H groups in total. The predicted molar refractivity (Wildman–Crippen MR) is 117 cm³/mol. The zero-order chi connectivity index (χ0) is 23.6. The highest BCUT2D eigenvalue weighted by Gasteiger charge is 2.29. The molecule has 1 rings (SSSR count). The maximum Gasteiger partial charge on any atom is 0.326 e. The van der Waals surface area contributed by atoms with Crippen molar-refractivity contribution >= 4 is 35.5 Å². The Kier molecular flexibility index (Phi) is 11.0. The van der Waals surface area contributed by atoms with E-state index in [-0.39, 0.29) is 12.3 Å². The van der Waals surface area contributed by atoms with Crippen LogP contribution < -0.4 is 21.7 Å². The number of carbonyl (C=O) groups excluding carboxylic acids is 3. The van der Waals surface area contributed by atoms with Crippen molar-refractivity contribution in [3.05, 3.63) is 18.2 Å². The van der Waals surface area contributed by atoms with Crippen LogP contribution in [-0.2, 0) is 25.6 Å². The van der Waals surface area contributed by atoms with Gasteiger partial charge in [-0.3, -0.25) is 14.4 Å².